The summed E-state index contributed by atoms with van der Waals surface area (Å²) in [6.45, 7) is 0. The van der Waals surface area contributed by atoms with E-state index in [1.165, 1.54) is 7.11 Å². The summed E-state index contributed by atoms with van der Waals surface area (Å²) in [6.07, 6.45) is 0.413. The first-order valence-electron chi connectivity index (χ1n) is 5.35. The van der Waals surface area contributed by atoms with Crippen LogP contribution in [0.3, 0.4) is 0 Å². The first kappa shape index (κ1) is 12.8. The topological polar surface area (TPSA) is 72.0 Å². The fourth-order valence-corrected chi connectivity index (χ4v) is 1.93. The molecular formula is C12H11BrN2O3. The van der Waals surface area contributed by atoms with E-state index in [1.807, 2.05) is 12.1 Å². The maximum atomic E-state index is 11.7. The molecule has 0 fully saturated rings. The number of H-pyrrole nitrogens is 1. The normalized spacial score (nSPS) is 10.6. The minimum absolute atomic E-state index is 0.145. The Hall–Kier alpha value is -1.69. The molecule has 5 nitrogen and oxygen atoms in total. The number of fused-ring (bicyclic) bond motifs is 1. The van der Waals surface area contributed by atoms with E-state index >= 15 is 0 Å². The third-order valence-corrected chi connectivity index (χ3v) is 3.01. The second kappa shape index (κ2) is 5.30. The van der Waals surface area contributed by atoms with Gasteiger partial charge in [-0.2, -0.15) is 0 Å². The zero-order valence-electron chi connectivity index (χ0n) is 9.70. The second-order valence-corrected chi connectivity index (χ2v) is 4.67. The minimum Gasteiger partial charge on any atom is -0.469 e. The van der Waals surface area contributed by atoms with E-state index in [0.717, 1.165) is 4.47 Å². The number of ether oxygens (including phenoxy) is 1. The summed E-state index contributed by atoms with van der Waals surface area (Å²) in [5.41, 5.74) is 1.42. The van der Waals surface area contributed by atoms with Gasteiger partial charge in [-0.1, -0.05) is 15.9 Å². The molecule has 94 valence electrons. The van der Waals surface area contributed by atoms with Crippen molar-refractivity contribution < 1.29 is 9.53 Å². The Morgan fingerprint density at radius 1 is 1.50 bits per heavy atom. The number of carbonyl (C=O) groups is 1. The van der Waals surface area contributed by atoms with Crippen molar-refractivity contribution in [3.63, 3.8) is 0 Å². The van der Waals surface area contributed by atoms with Gasteiger partial charge in [0.15, 0.2) is 0 Å². The van der Waals surface area contributed by atoms with Crippen molar-refractivity contribution in [1.29, 1.82) is 0 Å². The molecule has 0 aliphatic rings. The van der Waals surface area contributed by atoms with Crippen LogP contribution >= 0.6 is 15.9 Å². The van der Waals surface area contributed by atoms with Crippen molar-refractivity contribution in [3.8, 4) is 0 Å². The molecule has 1 aromatic carbocycles. The predicted octanol–water partition coefficient (Wildman–Crippen LogP) is 1.79. The highest BCUT2D eigenvalue weighted by atomic mass is 79.9. The smallest absolute Gasteiger partial charge is 0.305 e. The van der Waals surface area contributed by atoms with Crippen LogP contribution in [0.5, 0.6) is 0 Å². The van der Waals surface area contributed by atoms with Gasteiger partial charge in [0.1, 0.15) is 5.69 Å². The molecule has 2 rings (SSSR count). The van der Waals surface area contributed by atoms with Gasteiger partial charge < -0.3 is 9.72 Å². The fraction of sp³-hybridized carbons (Fsp3) is 0.250. The van der Waals surface area contributed by atoms with Gasteiger partial charge in [-0.25, -0.2) is 4.98 Å². The highest BCUT2D eigenvalue weighted by molar-refractivity contribution is 9.10. The van der Waals surface area contributed by atoms with E-state index in [1.54, 1.807) is 6.07 Å². The molecule has 0 aliphatic heterocycles. The highest BCUT2D eigenvalue weighted by Crippen LogP contribution is 2.15. The van der Waals surface area contributed by atoms with Crippen LogP contribution in [0.25, 0.3) is 11.0 Å². The third-order valence-electron chi connectivity index (χ3n) is 2.52. The molecule has 0 radical (unpaired) electrons. The number of aromatic amines is 1. The molecule has 0 saturated heterocycles. The lowest BCUT2D eigenvalue weighted by atomic mass is 10.2. The number of halogens is 1. The van der Waals surface area contributed by atoms with Gasteiger partial charge >= 0.3 is 5.97 Å². The predicted molar refractivity (Wildman–Crippen MR) is 70.4 cm³/mol. The number of hydrogen-bond donors (Lipinski definition) is 1. The average molecular weight is 311 g/mol. The molecule has 0 unspecified atom stereocenters. The Balaban J connectivity index is 2.36. The summed E-state index contributed by atoms with van der Waals surface area (Å²) in [7, 11) is 1.32. The molecule has 18 heavy (non-hydrogen) atoms. The largest absolute Gasteiger partial charge is 0.469 e. The van der Waals surface area contributed by atoms with Crippen LogP contribution < -0.4 is 5.56 Å². The average Bonchev–Trinajstić information content (AvgIpc) is 2.36. The van der Waals surface area contributed by atoms with Crippen molar-refractivity contribution in [3.05, 3.63) is 38.7 Å². The maximum absolute atomic E-state index is 11.7. The molecule has 0 spiro atoms. The Labute approximate surface area is 111 Å². The van der Waals surface area contributed by atoms with E-state index in [2.05, 4.69) is 30.6 Å². The number of rotatable bonds is 3. The Morgan fingerprint density at radius 2 is 2.28 bits per heavy atom. The van der Waals surface area contributed by atoms with E-state index in [-0.39, 0.29) is 24.4 Å². The van der Waals surface area contributed by atoms with Gasteiger partial charge in [-0.3, -0.25) is 9.59 Å². The molecule has 0 atom stereocenters. The zero-order chi connectivity index (χ0) is 13.1. The number of nitrogens with one attached hydrogen (secondary N) is 1. The monoisotopic (exact) mass is 310 g/mol. The van der Waals surface area contributed by atoms with Crippen LogP contribution in [-0.4, -0.2) is 23.0 Å². The van der Waals surface area contributed by atoms with Crippen molar-refractivity contribution in [1.82, 2.24) is 9.97 Å². The lowest BCUT2D eigenvalue weighted by Gasteiger charge is -2.02. The molecule has 0 aliphatic carbocycles. The van der Waals surface area contributed by atoms with Gasteiger partial charge in [0.25, 0.3) is 5.56 Å². The van der Waals surface area contributed by atoms with Crippen molar-refractivity contribution in [2.45, 2.75) is 12.8 Å². The summed E-state index contributed by atoms with van der Waals surface area (Å²) in [5.74, 6) is -0.356. The lowest BCUT2D eigenvalue weighted by Crippen LogP contribution is -2.16. The Kier molecular flexibility index (Phi) is 3.76. The molecule has 2 aromatic rings. The fourth-order valence-electron chi connectivity index (χ4n) is 1.59. The second-order valence-electron chi connectivity index (χ2n) is 3.75. The standard InChI is InChI=1S/C12H11BrN2O3/c1-18-11(16)5-4-9-12(17)15-8-3-2-7(13)6-10(8)14-9/h2-3,6H,4-5H2,1H3,(H,15,17). The van der Waals surface area contributed by atoms with Crippen molar-refractivity contribution >= 4 is 32.9 Å². The summed E-state index contributed by atoms with van der Waals surface area (Å²) >= 11 is 3.34. The molecule has 1 heterocycles. The summed E-state index contributed by atoms with van der Waals surface area (Å²) in [6, 6.07) is 5.42. The van der Waals surface area contributed by atoms with Gasteiger partial charge in [0.05, 0.1) is 24.6 Å². The number of nitrogens with zero attached hydrogens (tertiary/aromatic N) is 1. The van der Waals surface area contributed by atoms with Crippen molar-refractivity contribution in [2.75, 3.05) is 7.11 Å². The van der Waals surface area contributed by atoms with E-state index in [0.29, 0.717) is 16.7 Å². The van der Waals surface area contributed by atoms with Gasteiger partial charge in [0.2, 0.25) is 0 Å². The Bertz CT molecular complexity index is 651. The molecule has 0 bridgehead atoms. The van der Waals surface area contributed by atoms with E-state index in [9.17, 15) is 9.59 Å². The van der Waals surface area contributed by atoms with Crippen LogP contribution in [0.4, 0.5) is 0 Å². The van der Waals surface area contributed by atoms with Gasteiger partial charge in [0, 0.05) is 10.9 Å². The van der Waals surface area contributed by atoms with Crippen molar-refractivity contribution in [2.24, 2.45) is 0 Å². The van der Waals surface area contributed by atoms with Crippen LogP contribution in [0.2, 0.25) is 0 Å². The number of aryl methyl sites for hydroxylation is 1. The number of esters is 1. The van der Waals surface area contributed by atoms with Crippen LogP contribution in [0.1, 0.15) is 12.1 Å². The number of aromatic nitrogens is 2. The molecule has 0 amide bonds. The lowest BCUT2D eigenvalue weighted by molar-refractivity contribution is -0.140. The highest BCUT2D eigenvalue weighted by Gasteiger charge is 2.08. The number of methoxy groups -OCH3 is 1. The van der Waals surface area contributed by atoms with E-state index in [4.69, 9.17) is 0 Å². The Morgan fingerprint density at radius 3 is 3.00 bits per heavy atom. The maximum Gasteiger partial charge on any atom is 0.305 e. The summed E-state index contributed by atoms with van der Waals surface area (Å²) < 4.78 is 5.41. The molecule has 1 N–H and O–H groups in total. The molecule has 0 saturated carbocycles. The van der Waals surface area contributed by atoms with Crippen LogP contribution in [0.15, 0.2) is 27.5 Å². The molecular weight excluding hydrogens is 300 g/mol. The van der Waals surface area contributed by atoms with E-state index < -0.39 is 0 Å². The molecule has 1 aromatic heterocycles. The SMILES string of the molecule is COC(=O)CCc1nc2cc(Br)ccc2[nH]c1=O. The van der Waals surface area contributed by atoms with Gasteiger partial charge in [-0.15, -0.1) is 0 Å². The first-order chi connectivity index (χ1) is 8.60. The zero-order valence-corrected chi connectivity index (χ0v) is 11.3. The summed E-state index contributed by atoms with van der Waals surface area (Å²) in [4.78, 5) is 29.8. The number of benzene rings is 1. The number of hydrogen-bond acceptors (Lipinski definition) is 4. The van der Waals surface area contributed by atoms with Gasteiger partial charge in [-0.05, 0) is 18.2 Å². The summed E-state index contributed by atoms with van der Waals surface area (Å²) in [5, 5.41) is 0. The third kappa shape index (κ3) is 2.76. The number of carbonyl (C=O) groups excluding carboxylic acids is 1. The first-order valence-corrected chi connectivity index (χ1v) is 6.14. The quantitative estimate of drug-likeness (QED) is 0.877. The molecule has 6 heteroatoms. The van der Waals surface area contributed by atoms with Crippen LogP contribution in [-0.2, 0) is 16.0 Å². The minimum atomic E-state index is -0.356. The van der Waals surface area contributed by atoms with Crippen LogP contribution in [0, 0.1) is 0 Å².